The summed E-state index contributed by atoms with van der Waals surface area (Å²) in [6.07, 6.45) is 5.73. The summed E-state index contributed by atoms with van der Waals surface area (Å²) < 4.78 is 0. The SMILES string of the molecule is CCCCc1cc(C(C)=O)c2c(c1)C(C)(C)CC2. The third-order valence-corrected chi connectivity index (χ3v) is 4.24. The molecule has 1 nitrogen and oxygen atoms in total. The van der Waals surface area contributed by atoms with Crippen LogP contribution in [0.5, 0.6) is 0 Å². The Morgan fingerprint density at radius 3 is 2.67 bits per heavy atom. The van der Waals surface area contributed by atoms with E-state index < -0.39 is 0 Å². The van der Waals surface area contributed by atoms with Gasteiger partial charge in [-0.3, -0.25) is 4.79 Å². The van der Waals surface area contributed by atoms with Crippen LogP contribution in [-0.2, 0) is 18.3 Å². The van der Waals surface area contributed by atoms with Gasteiger partial charge in [-0.25, -0.2) is 0 Å². The molecule has 0 aromatic heterocycles. The van der Waals surface area contributed by atoms with Gasteiger partial charge in [0.2, 0.25) is 0 Å². The summed E-state index contributed by atoms with van der Waals surface area (Å²) in [4.78, 5) is 11.8. The molecule has 0 amide bonds. The first kappa shape index (κ1) is 13.3. The Morgan fingerprint density at radius 2 is 2.06 bits per heavy atom. The molecule has 98 valence electrons. The maximum atomic E-state index is 11.8. The zero-order chi connectivity index (χ0) is 13.3. The molecule has 18 heavy (non-hydrogen) atoms. The number of aryl methyl sites for hydroxylation is 1. The van der Waals surface area contributed by atoms with Crippen LogP contribution in [-0.4, -0.2) is 5.78 Å². The van der Waals surface area contributed by atoms with Crippen LogP contribution in [0.4, 0.5) is 0 Å². The molecule has 0 spiro atoms. The molecule has 2 rings (SSSR count). The second-order valence-electron chi connectivity index (χ2n) is 6.21. The number of hydrogen-bond donors (Lipinski definition) is 0. The van der Waals surface area contributed by atoms with Crippen LogP contribution >= 0.6 is 0 Å². The van der Waals surface area contributed by atoms with Crippen molar-refractivity contribution >= 4 is 5.78 Å². The summed E-state index contributed by atoms with van der Waals surface area (Å²) in [5.41, 5.74) is 5.29. The van der Waals surface area contributed by atoms with E-state index in [1.807, 2.05) is 0 Å². The lowest BCUT2D eigenvalue weighted by molar-refractivity contribution is 0.101. The summed E-state index contributed by atoms with van der Waals surface area (Å²) in [7, 11) is 0. The van der Waals surface area contributed by atoms with Crippen molar-refractivity contribution in [2.24, 2.45) is 0 Å². The Labute approximate surface area is 111 Å². The van der Waals surface area contributed by atoms with Crippen molar-refractivity contribution in [2.75, 3.05) is 0 Å². The summed E-state index contributed by atoms with van der Waals surface area (Å²) in [6.45, 7) is 8.51. The topological polar surface area (TPSA) is 17.1 Å². The van der Waals surface area contributed by atoms with Gasteiger partial charge in [0.25, 0.3) is 0 Å². The number of ketones is 1. The first-order chi connectivity index (χ1) is 8.45. The second-order valence-corrected chi connectivity index (χ2v) is 6.21. The predicted octanol–water partition coefficient (Wildman–Crippen LogP) is 4.46. The van der Waals surface area contributed by atoms with Gasteiger partial charge in [-0.1, -0.05) is 33.3 Å². The van der Waals surface area contributed by atoms with Crippen LogP contribution in [0, 0.1) is 0 Å². The lowest BCUT2D eigenvalue weighted by atomic mass is 9.84. The molecule has 0 fully saturated rings. The van der Waals surface area contributed by atoms with E-state index in [1.54, 1.807) is 6.92 Å². The van der Waals surface area contributed by atoms with Crippen molar-refractivity contribution in [3.05, 3.63) is 34.4 Å². The molecule has 1 heteroatoms. The van der Waals surface area contributed by atoms with Crippen LogP contribution in [0.2, 0.25) is 0 Å². The molecule has 1 aliphatic carbocycles. The monoisotopic (exact) mass is 244 g/mol. The standard InChI is InChI=1S/C17H24O/c1-5-6-7-13-10-15(12(2)18)14-8-9-17(3,4)16(14)11-13/h10-11H,5-9H2,1-4H3. The molecule has 1 aromatic carbocycles. The van der Waals surface area contributed by atoms with E-state index in [2.05, 4.69) is 32.9 Å². The lowest BCUT2D eigenvalue weighted by Crippen LogP contribution is -2.13. The lowest BCUT2D eigenvalue weighted by Gasteiger charge is -2.20. The smallest absolute Gasteiger partial charge is 0.160 e. The van der Waals surface area contributed by atoms with Gasteiger partial charge in [0.1, 0.15) is 0 Å². The molecular formula is C17H24O. The first-order valence-electron chi connectivity index (χ1n) is 7.13. The molecular weight excluding hydrogens is 220 g/mol. The fraction of sp³-hybridized carbons (Fsp3) is 0.588. The van der Waals surface area contributed by atoms with Crippen molar-refractivity contribution in [2.45, 2.75) is 65.2 Å². The minimum atomic E-state index is 0.224. The Morgan fingerprint density at radius 1 is 1.33 bits per heavy atom. The van der Waals surface area contributed by atoms with Gasteiger partial charge < -0.3 is 0 Å². The highest BCUT2D eigenvalue weighted by Gasteiger charge is 2.32. The van der Waals surface area contributed by atoms with Crippen molar-refractivity contribution in [1.29, 1.82) is 0 Å². The number of Topliss-reactive ketones (excluding diaryl/α,β-unsaturated/α-hetero) is 1. The Balaban J connectivity index is 2.49. The first-order valence-corrected chi connectivity index (χ1v) is 7.13. The molecule has 0 aliphatic heterocycles. The molecule has 0 saturated carbocycles. The van der Waals surface area contributed by atoms with E-state index in [9.17, 15) is 4.79 Å². The highest BCUT2D eigenvalue weighted by atomic mass is 16.1. The summed E-state index contributed by atoms with van der Waals surface area (Å²) in [5.74, 6) is 0.224. The van der Waals surface area contributed by atoms with Crippen molar-refractivity contribution in [1.82, 2.24) is 0 Å². The van der Waals surface area contributed by atoms with Gasteiger partial charge >= 0.3 is 0 Å². The second kappa shape index (κ2) is 4.87. The van der Waals surface area contributed by atoms with E-state index >= 15 is 0 Å². The quantitative estimate of drug-likeness (QED) is 0.715. The largest absolute Gasteiger partial charge is 0.295 e. The number of hydrogen-bond acceptors (Lipinski definition) is 1. The van der Waals surface area contributed by atoms with Crippen LogP contribution in [0.1, 0.15) is 74.0 Å². The highest BCUT2D eigenvalue weighted by molar-refractivity contribution is 5.96. The van der Waals surface area contributed by atoms with Gasteiger partial charge in [0, 0.05) is 5.56 Å². The van der Waals surface area contributed by atoms with Crippen LogP contribution in [0.15, 0.2) is 12.1 Å². The molecule has 0 N–H and O–H groups in total. The third-order valence-electron chi connectivity index (χ3n) is 4.24. The minimum Gasteiger partial charge on any atom is -0.295 e. The average molecular weight is 244 g/mol. The zero-order valence-electron chi connectivity index (χ0n) is 12.1. The van der Waals surface area contributed by atoms with E-state index in [-0.39, 0.29) is 11.2 Å². The number of unbranched alkanes of at least 4 members (excludes halogenated alkanes) is 1. The van der Waals surface area contributed by atoms with Gasteiger partial charge in [-0.05, 0) is 60.8 Å². The molecule has 0 bridgehead atoms. The summed E-state index contributed by atoms with van der Waals surface area (Å²) >= 11 is 0. The maximum absolute atomic E-state index is 11.8. The van der Waals surface area contributed by atoms with Gasteiger partial charge in [0.05, 0.1) is 0 Å². The molecule has 1 aliphatic rings. The van der Waals surface area contributed by atoms with Crippen LogP contribution in [0.25, 0.3) is 0 Å². The zero-order valence-corrected chi connectivity index (χ0v) is 12.1. The van der Waals surface area contributed by atoms with Crippen molar-refractivity contribution in [3.8, 4) is 0 Å². The Bertz CT molecular complexity index is 469. The van der Waals surface area contributed by atoms with E-state index in [0.717, 1.165) is 18.4 Å². The third kappa shape index (κ3) is 2.36. The Kier molecular flexibility index (Phi) is 3.61. The van der Waals surface area contributed by atoms with Crippen molar-refractivity contribution in [3.63, 3.8) is 0 Å². The number of fused-ring (bicyclic) bond motifs is 1. The fourth-order valence-electron chi connectivity index (χ4n) is 3.02. The molecule has 0 unspecified atom stereocenters. The Hall–Kier alpha value is -1.11. The molecule has 0 radical (unpaired) electrons. The minimum absolute atomic E-state index is 0.224. The number of carbonyl (C=O) groups is 1. The molecule has 0 heterocycles. The van der Waals surface area contributed by atoms with Crippen LogP contribution < -0.4 is 0 Å². The predicted molar refractivity (Wildman–Crippen MR) is 76.4 cm³/mol. The number of carbonyl (C=O) groups excluding carboxylic acids is 1. The van der Waals surface area contributed by atoms with E-state index in [0.29, 0.717) is 0 Å². The van der Waals surface area contributed by atoms with E-state index in [1.165, 1.54) is 36.0 Å². The number of benzene rings is 1. The molecule has 1 aromatic rings. The molecule has 0 atom stereocenters. The van der Waals surface area contributed by atoms with Crippen molar-refractivity contribution < 1.29 is 4.79 Å². The maximum Gasteiger partial charge on any atom is 0.160 e. The highest BCUT2D eigenvalue weighted by Crippen LogP contribution is 2.40. The normalized spacial score (nSPS) is 16.7. The summed E-state index contributed by atoms with van der Waals surface area (Å²) in [6, 6.07) is 4.49. The van der Waals surface area contributed by atoms with Gasteiger partial charge in [0.15, 0.2) is 5.78 Å². The van der Waals surface area contributed by atoms with Gasteiger partial charge in [-0.2, -0.15) is 0 Å². The van der Waals surface area contributed by atoms with Gasteiger partial charge in [-0.15, -0.1) is 0 Å². The number of rotatable bonds is 4. The summed E-state index contributed by atoms with van der Waals surface area (Å²) in [5, 5.41) is 0. The van der Waals surface area contributed by atoms with E-state index in [4.69, 9.17) is 0 Å². The molecule has 0 saturated heterocycles. The average Bonchev–Trinajstić information content (AvgIpc) is 2.62. The van der Waals surface area contributed by atoms with Crippen LogP contribution in [0.3, 0.4) is 0 Å². The fourth-order valence-corrected chi connectivity index (χ4v) is 3.02.